The second-order valence-electron chi connectivity index (χ2n) is 6.48. The number of rotatable bonds is 5. The molecule has 2 heterocycles. The van der Waals surface area contributed by atoms with E-state index < -0.39 is 0 Å². The average molecular weight is 424 g/mol. The van der Waals surface area contributed by atoms with Crippen LogP contribution < -0.4 is 10.3 Å². The third-order valence-corrected chi connectivity index (χ3v) is 5.95. The number of ether oxygens (including phenoxy) is 1. The number of aromatic nitrogens is 3. The van der Waals surface area contributed by atoms with Crippen LogP contribution in [0.1, 0.15) is 11.1 Å². The van der Waals surface area contributed by atoms with E-state index in [0.29, 0.717) is 38.3 Å². The quantitative estimate of drug-likeness (QED) is 0.332. The minimum absolute atomic E-state index is 0.149. The Kier molecular flexibility index (Phi) is 5.56. The van der Waals surface area contributed by atoms with Gasteiger partial charge in [0.05, 0.1) is 23.7 Å². The Balaban J connectivity index is 1.93. The molecule has 5 nitrogen and oxygen atoms in total. The first-order valence-electron chi connectivity index (χ1n) is 8.96. The molecule has 4 aromatic rings. The monoisotopic (exact) mass is 423 g/mol. The SMILES string of the molecule is COc1cc(Cl)c(C)cc1-n1c(SCc2cccnc2)nc2ccccc2c1=O. The fourth-order valence-electron chi connectivity index (χ4n) is 3.04. The van der Waals surface area contributed by atoms with Gasteiger partial charge in [0.25, 0.3) is 5.56 Å². The number of hydrogen-bond donors (Lipinski definition) is 0. The number of aryl methyl sites for hydroxylation is 1. The van der Waals surface area contributed by atoms with Gasteiger partial charge >= 0.3 is 0 Å². The normalized spacial score (nSPS) is 11.0. The molecule has 2 aromatic heterocycles. The number of halogens is 1. The lowest BCUT2D eigenvalue weighted by Gasteiger charge is -2.17. The van der Waals surface area contributed by atoms with Crippen LogP contribution >= 0.6 is 23.4 Å². The topological polar surface area (TPSA) is 57.0 Å². The van der Waals surface area contributed by atoms with Crippen LogP contribution in [0, 0.1) is 6.92 Å². The van der Waals surface area contributed by atoms with Crippen molar-refractivity contribution in [2.45, 2.75) is 17.8 Å². The Morgan fingerprint density at radius 1 is 1.17 bits per heavy atom. The summed E-state index contributed by atoms with van der Waals surface area (Å²) in [6, 6.07) is 14.8. The number of nitrogens with zero attached hydrogens (tertiary/aromatic N) is 3. The number of para-hydroxylation sites is 1. The lowest BCUT2D eigenvalue weighted by Crippen LogP contribution is -2.22. The van der Waals surface area contributed by atoms with Gasteiger partial charge in [0.2, 0.25) is 0 Å². The molecule has 29 heavy (non-hydrogen) atoms. The molecule has 0 saturated carbocycles. The molecule has 7 heteroatoms. The summed E-state index contributed by atoms with van der Waals surface area (Å²) in [7, 11) is 1.56. The van der Waals surface area contributed by atoms with Crippen molar-refractivity contribution in [2.24, 2.45) is 0 Å². The van der Waals surface area contributed by atoms with E-state index in [4.69, 9.17) is 21.3 Å². The number of hydrogen-bond acceptors (Lipinski definition) is 5. The molecule has 0 atom stereocenters. The Bertz CT molecular complexity index is 1240. The van der Waals surface area contributed by atoms with Gasteiger partial charge in [-0.2, -0.15) is 0 Å². The zero-order valence-corrected chi connectivity index (χ0v) is 17.5. The van der Waals surface area contributed by atoms with E-state index in [-0.39, 0.29) is 5.56 Å². The van der Waals surface area contributed by atoms with Crippen molar-refractivity contribution >= 4 is 34.3 Å². The molecule has 0 fully saturated rings. The molecule has 2 aromatic carbocycles. The van der Waals surface area contributed by atoms with E-state index in [1.807, 2.05) is 49.5 Å². The summed E-state index contributed by atoms with van der Waals surface area (Å²) in [6.07, 6.45) is 3.54. The van der Waals surface area contributed by atoms with E-state index in [9.17, 15) is 4.79 Å². The summed E-state index contributed by atoms with van der Waals surface area (Å²) in [5, 5.41) is 1.71. The molecule has 0 unspecified atom stereocenters. The fraction of sp³-hybridized carbons (Fsp3) is 0.136. The first kappa shape index (κ1) is 19.5. The zero-order chi connectivity index (χ0) is 20.4. The molecule has 0 aliphatic rings. The zero-order valence-electron chi connectivity index (χ0n) is 15.9. The predicted molar refractivity (Wildman–Crippen MR) is 117 cm³/mol. The molecule has 0 amide bonds. The van der Waals surface area contributed by atoms with Gasteiger partial charge in [-0.1, -0.05) is 41.6 Å². The van der Waals surface area contributed by atoms with E-state index in [0.717, 1.165) is 11.1 Å². The highest BCUT2D eigenvalue weighted by atomic mass is 35.5. The number of fused-ring (bicyclic) bond motifs is 1. The van der Waals surface area contributed by atoms with E-state index in [1.54, 1.807) is 30.0 Å². The van der Waals surface area contributed by atoms with Gasteiger partial charge in [-0.05, 0) is 42.3 Å². The van der Waals surface area contributed by atoms with Gasteiger partial charge < -0.3 is 4.74 Å². The highest BCUT2D eigenvalue weighted by molar-refractivity contribution is 7.98. The summed E-state index contributed by atoms with van der Waals surface area (Å²) in [4.78, 5) is 22.4. The highest BCUT2D eigenvalue weighted by Gasteiger charge is 2.18. The smallest absolute Gasteiger partial charge is 0.266 e. The largest absolute Gasteiger partial charge is 0.495 e. The van der Waals surface area contributed by atoms with Crippen molar-refractivity contribution in [3.8, 4) is 11.4 Å². The van der Waals surface area contributed by atoms with Gasteiger partial charge in [0.15, 0.2) is 5.16 Å². The molecule has 0 aliphatic heterocycles. The Hall–Kier alpha value is -2.83. The first-order valence-corrected chi connectivity index (χ1v) is 10.3. The minimum atomic E-state index is -0.149. The van der Waals surface area contributed by atoms with Crippen molar-refractivity contribution in [3.63, 3.8) is 0 Å². The van der Waals surface area contributed by atoms with Crippen LogP contribution in [-0.4, -0.2) is 21.6 Å². The summed E-state index contributed by atoms with van der Waals surface area (Å²) < 4.78 is 7.13. The molecule has 0 spiro atoms. The van der Waals surface area contributed by atoms with Crippen molar-refractivity contribution in [1.29, 1.82) is 0 Å². The number of thioether (sulfide) groups is 1. The molecule has 4 rings (SSSR count). The second kappa shape index (κ2) is 8.27. The van der Waals surface area contributed by atoms with Crippen LogP contribution in [0.4, 0.5) is 0 Å². The van der Waals surface area contributed by atoms with E-state index >= 15 is 0 Å². The standard InChI is InChI=1S/C22H18ClN3O2S/c1-14-10-19(20(28-2)11-17(14)23)26-21(27)16-7-3-4-8-18(16)25-22(26)29-13-15-6-5-9-24-12-15/h3-12H,13H2,1-2H3. The Morgan fingerprint density at radius 2 is 2.00 bits per heavy atom. The van der Waals surface area contributed by atoms with Crippen LogP contribution in [0.25, 0.3) is 16.6 Å². The highest BCUT2D eigenvalue weighted by Crippen LogP contribution is 2.32. The summed E-state index contributed by atoms with van der Waals surface area (Å²) in [5.41, 5.74) is 3.03. The Labute approximate surface area is 177 Å². The molecule has 0 aliphatic carbocycles. The van der Waals surface area contributed by atoms with E-state index in [1.165, 1.54) is 11.8 Å². The minimum Gasteiger partial charge on any atom is -0.495 e. The molecular weight excluding hydrogens is 406 g/mol. The molecule has 0 radical (unpaired) electrons. The Morgan fingerprint density at radius 3 is 2.76 bits per heavy atom. The second-order valence-corrected chi connectivity index (χ2v) is 7.82. The molecule has 0 bridgehead atoms. The van der Waals surface area contributed by atoms with Crippen LogP contribution in [0.5, 0.6) is 5.75 Å². The molecule has 0 N–H and O–H groups in total. The lowest BCUT2D eigenvalue weighted by atomic mass is 10.2. The summed E-state index contributed by atoms with van der Waals surface area (Å²) in [5.74, 6) is 1.15. The predicted octanol–water partition coefficient (Wildman–Crippen LogP) is 5.04. The van der Waals surface area contributed by atoms with Crippen LogP contribution in [-0.2, 0) is 5.75 Å². The maximum absolute atomic E-state index is 13.4. The van der Waals surface area contributed by atoms with Crippen LogP contribution in [0.3, 0.4) is 0 Å². The molecular formula is C22H18ClN3O2S. The van der Waals surface area contributed by atoms with Crippen LogP contribution in [0.15, 0.2) is 70.9 Å². The maximum Gasteiger partial charge on any atom is 0.266 e. The average Bonchev–Trinajstić information content (AvgIpc) is 2.75. The van der Waals surface area contributed by atoms with E-state index in [2.05, 4.69) is 4.98 Å². The van der Waals surface area contributed by atoms with Crippen molar-refractivity contribution < 1.29 is 4.74 Å². The third kappa shape index (κ3) is 3.86. The van der Waals surface area contributed by atoms with Crippen LogP contribution in [0.2, 0.25) is 5.02 Å². The molecule has 0 saturated heterocycles. The summed E-state index contributed by atoms with van der Waals surface area (Å²) in [6.45, 7) is 1.90. The van der Waals surface area contributed by atoms with Gasteiger partial charge in [-0.15, -0.1) is 0 Å². The van der Waals surface area contributed by atoms with Gasteiger partial charge in [0.1, 0.15) is 5.75 Å². The van der Waals surface area contributed by atoms with Crippen molar-refractivity contribution in [3.05, 3.63) is 87.4 Å². The first-order chi connectivity index (χ1) is 14.1. The van der Waals surface area contributed by atoms with Gasteiger partial charge in [-0.25, -0.2) is 4.98 Å². The van der Waals surface area contributed by atoms with Gasteiger partial charge in [-0.3, -0.25) is 14.3 Å². The van der Waals surface area contributed by atoms with Gasteiger partial charge in [0, 0.05) is 29.2 Å². The van der Waals surface area contributed by atoms with Crippen molar-refractivity contribution in [2.75, 3.05) is 7.11 Å². The number of methoxy groups -OCH3 is 1. The third-order valence-electron chi connectivity index (χ3n) is 4.54. The van der Waals surface area contributed by atoms with Crippen molar-refractivity contribution in [1.82, 2.24) is 14.5 Å². The maximum atomic E-state index is 13.4. The summed E-state index contributed by atoms with van der Waals surface area (Å²) >= 11 is 7.75. The fourth-order valence-corrected chi connectivity index (χ4v) is 4.13. The lowest BCUT2D eigenvalue weighted by molar-refractivity contribution is 0.411. The number of benzene rings is 2. The number of pyridine rings is 1. The molecule has 146 valence electrons.